The lowest BCUT2D eigenvalue weighted by Crippen LogP contribution is -2.40. The molecule has 70 valence electrons. The van der Waals surface area contributed by atoms with Gasteiger partial charge in [0.05, 0.1) is 11.8 Å². The molecule has 0 aromatic rings. The summed E-state index contributed by atoms with van der Waals surface area (Å²) in [5.74, 6) is 1.14. The average Bonchev–Trinajstić information content (AvgIpc) is 2.15. The van der Waals surface area contributed by atoms with Gasteiger partial charge in [-0.25, -0.2) is 0 Å². The van der Waals surface area contributed by atoms with Crippen molar-refractivity contribution in [1.29, 1.82) is 0 Å². The number of rotatable bonds is 3. The van der Waals surface area contributed by atoms with Crippen LogP contribution in [0.15, 0.2) is 0 Å². The number of piperidine rings is 1. The summed E-state index contributed by atoms with van der Waals surface area (Å²) >= 11 is 1.64. The summed E-state index contributed by atoms with van der Waals surface area (Å²) in [7, 11) is 0. The van der Waals surface area contributed by atoms with E-state index in [0.717, 1.165) is 31.8 Å². The highest BCUT2D eigenvalue weighted by Crippen LogP contribution is 2.09. The normalized spacial score (nSPS) is 23.6. The molecule has 0 aromatic heterocycles. The maximum absolute atomic E-state index is 11.4. The molecule has 0 aliphatic carbocycles. The third-order valence-electron chi connectivity index (χ3n) is 2.06. The number of nitrogens with one attached hydrogen (secondary N) is 2. The van der Waals surface area contributed by atoms with Gasteiger partial charge < -0.3 is 10.6 Å². The predicted octanol–water partition coefficient (Wildman–Crippen LogP) is 0.423. The molecule has 1 rings (SSSR count). The summed E-state index contributed by atoms with van der Waals surface area (Å²) in [5, 5.41) is 6.11. The Balaban J connectivity index is 2.20. The van der Waals surface area contributed by atoms with Crippen LogP contribution < -0.4 is 10.6 Å². The Hall–Kier alpha value is -0.220. The SMILES string of the molecule is CSCNC(=O)C1CCCNC1. The van der Waals surface area contributed by atoms with E-state index in [1.165, 1.54) is 0 Å². The molecule has 3 nitrogen and oxygen atoms in total. The second kappa shape index (κ2) is 5.43. The molecule has 12 heavy (non-hydrogen) atoms. The van der Waals surface area contributed by atoms with Gasteiger partial charge in [-0.1, -0.05) is 0 Å². The van der Waals surface area contributed by atoms with Gasteiger partial charge in [0.25, 0.3) is 0 Å². The number of amides is 1. The van der Waals surface area contributed by atoms with Crippen LogP contribution in [0.5, 0.6) is 0 Å². The summed E-state index contributed by atoms with van der Waals surface area (Å²) in [6.45, 7) is 1.91. The molecule has 0 radical (unpaired) electrons. The molecule has 1 aliphatic rings. The van der Waals surface area contributed by atoms with Crippen LogP contribution >= 0.6 is 11.8 Å². The summed E-state index contributed by atoms with van der Waals surface area (Å²) in [6, 6.07) is 0. The van der Waals surface area contributed by atoms with Gasteiger partial charge in [-0.2, -0.15) is 0 Å². The van der Waals surface area contributed by atoms with Crippen LogP contribution in [0.25, 0.3) is 0 Å². The molecule has 2 N–H and O–H groups in total. The quantitative estimate of drug-likeness (QED) is 0.631. The zero-order chi connectivity index (χ0) is 8.81. The van der Waals surface area contributed by atoms with Gasteiger partial charge in [-0.05, 0) is 25.6 Å². The van der Waals surface area contributed by atoms with Gasteiger partial charge >= 0.3 is 0 Å². The van der Waals surface area contributed by atoms with Gasteiger partial charge in [0.2, 0.25) is 5.91 Å². The minimum Gasteiger partial charge on any atom is -0.347 e. The van der Waals surface area contributed by atoms with Gasteiger partial charge in [0.1, 0.15) is 0 Å². The van der Waals surface area contributed by atoms with E-state index >= 15 is 0 Å². The third-order valence-corrected chi connectivity index (χ3v) is 2.49. The predicted molar refractivity (Wildman–Crippen MR) is 52.1 cm³/mol. The van der Waals surface area contributed by atoms with E-state index in [9.17, 15) is 4.79 Å². The molecule has 0 bridgehead atoms. The Labute approximate surface area is 77.7 Å². The largest absolute Gasteiger partial charge is 0.347 e. The second-order valence-corrected chi connectivity index (χ2v) is 3.88. The minimum atomic E-state index is 0.200. The third kappa shape index (κ3) is 3.03. The maximum atomic E-state index is 11.4. The average molecular weight is 188 g/mol. The second-order valence-electron chi connectivity index (χ2n) is 3.02. The van der Waals surface area contributed by atoms with Crippen molar-refractivity contribution in [2.45, 2.75) is 12.8 Å². The summed E-state index contributed by atoms with van der Waals surface area (Å²) in [4.78, 5) is 11.4. The lowest BCUT2D eigenvalue weighted by atomic mass is 9.99. The molecule has 1 fully saturated rings. The van der Waals surface area contributed by atoms with Gasteiger partial charge in [0.15, 0.2) is 0 Å². The Morgan fingerprint density at radius 3 is 3.17 bits per heavy atom. The van der Waals surface area contributed by atoms with Crippen molar-refractivity contribution in [3.63, 3.8) is 0 Å². The molecule has 1 heterocycles. The van der Waals surface area contributed by atoms with Crippen LogP contribution in [0.3, 0.4) is 0 Å². The molecule has 4 heteroatoms. The molecule has 1 saturated heterocycles. The van der Waals surface area contributed by atoms with Gasteiger partial charge in [-0.3, -0.25) is 4.79 Å². The molecular weight excluding hydrogens is 172 g/mol. The van der Waals surface area contributed by atoms with E-state index < -0.39 is 0 Å². The van der Waals surface area contributed by atoms with Crippen molar-refractivity contribution in [3.05, 3.63) is 0 Å². The Morgan fingerprint density at radius 1 is 1.75 bits per heavy atom. The lowest BCUT2D eigenvalue weighted by Gasteiger charge is -2.21. The van der Waals surface area contributed by atoms with Crippen LogP contribution in [0, 0.1) is 5.92 Å². The zero-order valence-corrected chi connectivity index (χ0v) is 8.25. The van der Waals surface area contributed by atoms with Crippen LogP contribution in [-0.4, -0.2) is 31.1 Å². The van der Waals surface area contributed by atoms with Gasteiger partial charge in [0, 0.05) is 6.54 Å². The number of thioether (sulfide) groups is 1. The van der Waals surface area contributed by atoms with Crippen molar-refractivity contribution >= 4 is 17.7 Å². The Morgan fingerprint density at radius 2 is 2.58 bits per heavy atom. The molecule has 1 unspecified atom stereocenters. The van der Waals surface area contributed by atoms with E-state index in [1.54, 1.807) is 11.8 Å². The van der Waals surface area contributed by atoms with Gasteiger partial charge in [-0.15, -0.1) is 11.8 Å². The van der Waals surface area contributed by atoms with Crippen molar-refractivity contribution in [1.82, 2.24) is 10.6 Å². The van der Waals surface area contributed by atoms with Crippen molar-refractivity contribution in [2.75, 3.05) is 25.2 Å². The fourth-order valence-corrected chi connectivity index (χ4v) is 1.65. The van der Waals surface area contributed by atoms with E-state index in [4.69, 9.17) is 0 Å². The maximum Gasteiger partial charge on any atom is 0.225 e. The zero-order valence-electron chi connectivity index (χ0n) is 7.43. The van der Waals surface area contributed by atoms with Crippen molar-refractivity contribution in [3.8, 4) is 0 Å². The van der Waals surface area contributed by atoms with E-state index in [-0.39, 0.29) is 11.8 Å². The van der Waals surface area contributed by atoms with E-state index in [0.29, 0.717) is 0 Å². The standard InChI is InChI=1S/C8H16N2OS/c1-12-6-10-8(11)7-3-2-4-9-5-7/h7,9H,2-6H2,1H3,(H,10,11). The molecule has 1 aliphatic heterocycles. The van der Waals surface area contributed by atoms with Crippen LogP contribution in [0.2, 0.25) is 0 Å². The van der Waals surface area contributed by atoms with Crippen molar-refractivity contribution < 1.29 is 4.79 Å². The highest BCUT2D eigenvalue weighted by atomic mass is 32.2. The van der Waals surface area contributed by atoms with Crippen LogP contribution in [0.4, 0.5) is 0 Å². The fraction of sp³-hybridized carbons (Fsp3) is 0.875. The summed E-state index contributed by atoms with van der Waals surface area (Å²) in [6.07, 6.45) is 4.14. The first kappa shape index (κ1) is 9.86. The first-order valence-electron chi connectivity index (χ1n) is 4.32. The summed E-state index contributed by atoms with van der Waals surface area (Å²) < 4.78 is 0. The van der Waals surface area contributed by atoms with E-state index in [1.807, 2.05) is 6.26 Å². The fourth-order valence-electron chi connectivity index (χ4n) is 1.36. The Kier molecular flexibility index (Phi) is 4.46. The highest BCUT2D eigenvalue weighted by Gasteiger charge is 2.19. The van der Waals surface area contributed by atoms with E-state index in [2.05, 4.69) is 10.6 Å². The first-order valence-corrected chi connectivity index (χ1v) is 5.71. The first-order chi connectivity index (χ1) is 5.84. The molecule has 1 atom stereocenters. The smallest absolute Gasteiger partial charge is 0.225 e. The van der Waals surface area contributed by atoms with Crippen molar-refractivity contribution in [2.24, 2.45) is 5.92 Å². The number of hydrogen-bond donors (Lipinski definition) is 2. The van der Waals surface area contributed by atoms with Crippen LogP contribution in [0.1, 0.15) is 12.8 Å². The lowest BCUT2D eigenvalue weighted by molar-refractivity contribution is -0.125. The summed E-state index contributed by atoms with van der Waals surface area (Å²) in [5.41, 5.74) is 0. The number of carbonyl (C=O) groups is 1. The number of hydrogen-bond acceptors (Lipinski definition) is 3. The topological polar surface area (TPSA) is 41.1 Å². The highest BCUT2D eigenvalue weighted by molar-refractivity contribution is 7.98. The number of carbonyl (C=O) groups excluding carboxylic acids is 1. The Bertz CT molecular complexity index is 146. The molecule has 0 spiro atoms. The molecule has 1 amide bonds. The van der Waals surface area contributed by atoms with Crippen LogP contribution in [-0.2, 0) is 4.79 Å². The molecule has 0 saturated carbocycles. The monoisotopic (exact) mass is 188 g/mol. The molecule has 0 aromatic carbocycles. The minimum absolute atomic E-state index is 0.200. The molecular formula is C8H16N2OS.